The van der Waals surface area contributed by atoms with Crippen molar-refractivity contribution in [1.29, 1.82) is 0 Å². The van der Waals surface area contributed by atoms with Crippen LogP contribution in [0.15, 0.2) is 97.1 Å². The van der Waals surface area contributed by atoms with Crippen LogP contribution in [0.3, 0.4) is 0 Å². The van der Waals surface area contributed by atoms with Crippen LogP contribution in [0.2, 0.25) is 0 Å². The quantitative estimate of drug-likeness (QED) is 0.384. The summed E-state index contributed by atoms with van der Waals surface area (Å²) in [7, 11) is 0. The van der Waals surface area contributed by atoms with Gasteiger partial charge in [-0.05, 0) is 67.0 Å². The molecule has 37 heavy (non-hydrogen) atoms. The van der Waals surface area contributed by atoms with Gasteiger partial charge < -0.3 is 15.5 Å². The second-order valence-corrected chi connectivity index (χ2v) is 9.88. The molecule has 1 saturated carbocycles. The zero-order chi connectivity index (χ0) is 25.4. The minimum atomic E-state index is -1.38. The van der Waals surface area contributed by atoms with E-state index in [1.807, 2.05) is 60.7 Å². The molecule has 3 aliphatic rings. The Labute approximate surface area is 215 Å². The molecule has 2 aliphatic carbocycles. The van der Waals surface area contributed by atoms with Gasteiger partial charge in [0, 0.05) is 17.9 Å². The maximum absolute atomic E-state index is 14.1. The van der Waals surface area contributed by atoms with Gasteiger partial charge in [0.15, 0.2) is 6.04 Å². The van der Waals surface area contributed by atoms with Gasteiger partial charge >= 0.3 is 6.03 Å². The van der Waals surface area contributed by atoms with E-state index in [2.05, 4.69) is 22.8 Å². The highest BCUT2D eigenvalue weighted by molar-refractivity contribution is 6.24. The van der Waals surface area contributed by atoms with Crippen LogP contribution in [0.5, 0.6) is 0 Å². The lowest BCUT2D eigenvalue weighted by atomic mass is 9.92. The molecule has 7 nitrogen and oxygen atoms in total. The minimum Gasteiger partial charge on any atom is -0.318 e. The Morgan fingerprint density at radius 3 is 2.14 bits per heavy atom. The molecule has 1 heterocycles. The number of amides is 4. The SMILES string of the molecule is O=C(Nc1ccccc1)NC1C(=O)N(CC2CC3C=CC2C3)c2ccccc2N(c2ccccc2)C1=O. The smallest absolute Gasteiger partial charge is 0.318 e. The van der Waals surface area contributed by atoms with Crippen molar-refractivity contribution in [2.45, 2.75) is 18.9 Å². The zero-order valence-corrected chi connectivity index (χ0v) is 20.3. The third-order valence-electron chi connectivity index (χ3n) is 7.55. The largest absolute Gasteiger partial charge is 0.320 e. The van der Waals surface area contributed by atoms with Crippen molar-refractivity contribution in [3.8, 4) is 0 Å². The molecule has 4 amide bonds. The lowest BCUT2D eigenvalue weighted by molar-refractivity contribution is -0.128. The van der Waals surface area contributed by atoms with Crippen LogP contribution in [0.1, 0.15) is 12.8 Å². The number of carbonyl (C=O) groups is 3. The van der Waals surface area contributed by atoms with E-state index in [0.29, 0.717) is 47.0 Å². The second kappa shape index (κ2) is 9.58. The van der Waals surface area contributed by atoms with Crippen LogP contribution in [0, 0.1) is 17.8 Å². The van der Waals surface area contributed by atoms with Gasteiger partial charge in [0.25, 0.3) is 11.8 Å². The van der Waals surface area contributed by atoms with E-state index in [1.54, 1.807) is 34.1 Å². The summed E-state index contributed by atoms with van der Waals surface area (Å²) in [5.41, 5.74) is 2.50. The van der Waals surface area contributed by atoms with E-state index in [9.17, 15) is 14.4 Å². The van der Waals surface area contributed by atoms with Crippen molar-refractivity contribution in [2.75, 3.05) is 21.7 Å². The van der Waals surface area contributed by atoms with Crippen molar-refractivity contribution in [1.82, 2.24) is 5.32 Å². The average Bonchev–Trinajstić information content (AvgIpc) is 3.53. The zero-order valence-electron chi connectivity index (χ0n) is 20.3. The van der Waals surface area contributed by atoms with Crippen molar-refractivity contribution in [2.24, 2.45) is 17.8 Å². The van der Waals surface area contributed by atoms with Gasteiger partial charge in [-0.2, -0.15) is 0 Å². The Balaban J connectivity index is 1.38. The predicted molar refractivity (Wildman–Crippen MR) is 144 cm³/mol. The second-order valence-electron chi connectivity index (χ2n) is 9.88. The highest BCUT2D eigenvalue weighted by atomic mass is 16.2. The van der Waals surface area contributed by atoms with Gasteiger partial charge in [-0.25, -0.2) is 4.79 Å². The number of benzene rings is 3. The summed E-state index contributed by atoms with van der Waals surface area (Å²) in [5.74, 6) is 0.375. The molecule has 2 N–H and O–H groups in total. The summed E-state index contributed by atoms with van der Waals surface area (Å²) in [6, 6.07) is 23.7. The van der Waals surface area contributed by atoms with Crippen molar-refractivity contribution < 1.29 is 14.4 Å². The van der Waals surface area contributed by atoms with Crippen LogP contribution >= 0.6 is 0 Å². The molecule has 2 bridgehead atoms. The van der Waals surface area contributed by atoms with E-state index in [-0.39, 0.29) is 0 Å². The summed E-state index contributed by atoms with van der Waals surface area (Å²) >= 11 is 0. The number of para-hydroxylation sites is 4. The van der Waals surface area contributed by atoms with Crippen LogP contribution in [0.25, 0.3) is 0 Å². The molecular formula is C30H28N4O3. The number of rotatable bonds is 5. The standard InChI is InChI=1S/C30H28N4O3/c35-28-27(32-30(37)31-23-9-3-1-4-10-23)29(36)34(24-11-5-2-6-12-24)26-14-8-7-13-25(26)33(28)19-22-18-20-15-16-21(22)17-20/h1-16,20-22,27H,17-19H2,(H2,31,32,37). The highest BCUT2D eigenvalue weighted by Crippen LogP contribution is 2.45. The molecule has 0 saturated heterocycles. The van der Waals surface area contributed by atoms with Crippen LogP contribution in [-0.4, -0.2) is 30.4 Å². The van der Waals surface area contributed by atoms with Crippen LogP contribution < -0.4 is 20.4 Å². The van der Waals surface area contributed by atoms with E-state index in [1.165, 1.54) is 0 Å². The Bertz CT molecular complexity index is 1360. The number of nitrogens with one attached hydrogen (secondary N) is 2. The molecule has 186 valence electrons. The number of carbonyl (C=O) groups excluding carboxylic acids is 3. The number of hydrogen-bond acceptors (Lipinski definition) is 3. The van der Waals surface area contributed by atoms with Crippen molar-refractivity contribution >= 4 is 40.6 Å². The van der Waals surface area contributed by atoms with Gasteiger partial charge in [-0.1, -0.05) is 60.7 Å². The molecule has 6 rings (SSSR count). The minimum absolute atomic E-state index is 0.309. The first-order chi connectivity index (χ1) is 18.1. The number of nitrogens with zero attached hydrogens (tertiary/aromatic N) is 2. The first-order valence-corrected chi connectivity index (χ1v) is 12.7. The molecule has 0 radical (unpaired) electrons. The third kappa shape index (κ3) is 4.37. The van der Waals surface area contributed by atoms with Crippen LogP contribution in [0.4, 0.5) is 27.5 Å². The monoisotopic (exact) mass is 492 g/mol. The van der Waals surface area contributed by atoms with E-state index >= 15 is 0 Å². The Morgan fingerprint density at radius 1 is 0.784 bits per heavy atom. The van der Waals surface area contributed by atoms with Gasteiger partial charge in [-0.15, -0.1) is 0 Å². The molecule has 4 unspecified atom stereocenters. The summed E-state index contributed by atoms with van der Waals surface area (Å²) in [6.45, 7) is 0.496. The summed E-state index contributed by atoms with van der Waals surface area (Å²) in [6.07, 6.45) is 6.68. The first kappa shape index (κ1) is 23.0. The number of fused-ring (bicyclic) bond motifs is 3. The topological polar surface area (TPSA) is 81.8 Å². The molecule has 1 aliphatic heterocycles. The van der Waals surface area contributed by atoms with E-state index in [0.717, 1.165) is 12.8 Å². The number of allylic oxidation sites excluding steroid dienone is 2. The van der Waals surface area contributed by atoms with Gasteiger partial charge in [-0.3, -0.25) is 14.5 Å². The predicted octanol–water partition coefficient (Wildman–Crippen LogP) is 5.10. The molecule has 7 heteroatoms. The molecule has 0 spiro atoms. The Kier molecular flexibility index (Phi) is 5.96. The molecule has 0 aromatic heterocycles. The number of anilines is 4. The molecular weight excluding hydrogens is 464 g/mol. The van der Waals surface area contributed by atoms with Gasteiger partial charge in [0.1, 0.15) is 0 Å². The van der Waals surface area contributed by atoms with E-state index < -0.39 is 23.9 Å². The molecule has 4 atom stereocenters. The molecule has 1 fully saturated rings. The maximum atomic E-state index is 14.1. The Hall–Kier alpha value is -4.39. The summed E-state index contributed by atoms with van der Waals surface area (Å²) in [4.78, 5) is 44.4. The lowest BCUT2D eigenvalue weighted by Gasteiger charge is -2.30. The van der Waals surface area contributed by atoms with Gasteiger partial charge in [0.2, 0.25) is 0 Å². The van der Waals surface area contributed by atoms with Crippen LogP contribution in [-0.2, 0) is 9.59 Å². The normalized spacial score (nSPS) is 24.1. The highest BCUT2D eigenvalue weighted by Gasteiger charge is 2.44. The third-order valence-corrected chi connectivity index (χ3v) is 7.55. The number of hydrogen-bond donors (Lipinski definition) is 2. The van der Waals surface area contributed by atoms with Crippen molar-refractivity contribution in [3.63, 3.8) is 0 Å². The van der Waals surface area contributed by atoms with Gasteiger partial charge in [0.05, 0.1) is 11.4 Å². The fourth-order valence-electron chi connectivity index (χ4n) is 5.82. The molecule has 3 aromatic rings. The fourth-order valence-corrected chi connectivity index (χ4v) is 5.82. The van der Waals surface area contributed by atoms with E-state index in [4.69, 9.17) is 0 Å². The summed E-state index contributed by atoms with van der Waals surface area (Å²) < 4.78 is 0. The average molecular weight is 493 g/mol. The Morgan fingerprint density at radius 2 is 1.46 bits per heavy atom. The lowest BCUT2D eigenvalue weighted by Crippen LogP contribution is -2.56. The molecule has 3 aromatic carbocycles. The maximum Gasteiger partial charge on any atom is 0.320 e. The van der Waals surface area contributed by atoms with Crippen molar-refractivity contribution in [3.05, 3.63) is 97.1 Å². The first-order valence-electron chi connectivity index (χ1n) is 12.7. The summed E-state index contributed by atoms with van der Waals surface area (Å²) in [5, 5.41) is 5.42. The fraction of sp³-hybridized carbons (Fsp3) is 0.233. The number of urea groups is 1.